The summed E-state index contributed by atoms with van der Waals surface area (Å²) in [7, 11) is 0. The molecule has 2 nitrogen and oxygen atoms in total. The minimum absolute atomic E-state index is 0.271. The molecule has 0 radical (unpaired) electrons. The van der Waals surface area contributed by atoms with E-state index in [1.54, 1.807) is 0 Å². The zero-order chi connectivity index (χ0) is 12.8. The molecule has 0 bridgehead atoms. The fourth-order valence-corrected chi connectivity index (χ4v) is 5.23. The van der Waals surface area contributed by atoms with E-state index in [0.717, 1.165) is 36.6 Å². The number of allylic oxidation sites excluding steroid dienone is 3. The number of carbonyl (C=O) groups is 1. The van der Waals surface area contributed by atoms with E-state index >= 15 is 0 Å². The lowest BCUT2D eigenvalue weighted by Gasteiger charge is -2.51. The van der Waals surface area contributed by atoms with E-state index in [4.69, 9.17) is 0 Å². The molecule has 5 unspecified atom stereocenters. The van der Waals surface area contributed by atoms with Crippen molar-refractivity contribution in [2.24, 2.45) is 23.7 Å². The Morgan fingerprint density at radius 1 is 1.00 bits per heavy atom. The van der Waals surface area contributed by atoms with Crippen LogP contribution in [0.2, 0.25) is 0 Å². The monoisotopic (exact) mass is 257 g/mol. The number of carbonyl (C=O) groups excluding carboxylic acids is 1. The van der Waals surface area contributed by atoms with Crippen molar-refractivity contribution in [2.75, 3.05) is 6.54 Å². The summed E-state index contributed by atoms with van der Waals surface area (Å²) in [5.41, 5.74) is 0. The molecule has 4 aliphatic rings. The summed E-state index contributed by atoms with van der Waals surface area (Å²) < 4.78 is 0. The molecule has 2 aliphatic heterocycles. The molecule has 0 spiro atoms. The van der Waals surface area contributed by atoms with Crippen LogP contribution in [-0.4, -0.2) is 23.4 Å². The van der Waals surface area contributed by atoms with Crippen molar-refractivity contribution >= 4 is 5.91 Å². The van der Waals surface area contributed by atoms with E-state index in [9.17, 15) is 4.79 Å². The average Bonchev–Trinajstić information content (AvgIpc) is 2.83. The minimum Gasteiger partial charge on any atom is -0.336 e. The van der Waals surface area contributed by atoms with Gasteiger partial charge in [0.2, 0.25) is 5.91 Å². The maximum atomic E-state index is 12.2. The summed E-state index contributed by atoms with van der Waals surface area (Å²) >= 11 is 0. The second-order valence-corrected chi connectivity index (χ2v) is 6.76. The quantitative estimate of drug-likeness (QED) is 0.610. The van der Waals surface area contributed by atoms with Gasteiger partial charge in [-0.1, -0.05) is 18.2 Å². The highest BCUT2D eigenvalue weighted by Gasteiger charge is 2.47. The van der Waals surface area contributed by atoms with Gasteiger partial charge in [-0.05, 0) is 68.3 Å². The molecule has 1 amide bonds. The van der Waals surface area contributed by atoms with E-state index in [1.807, 2.05) is 6.08 Å². The van der Waals surface area contributed by atoms with Gasteiger partial charge in [0.25, 0.3) is 0 Å². The van der Waals surface area contributed by atoms with Crippen molar-refractivity contribution in [3.8, 4) is 0 Å². The van der Waals surface area contributed by atoms with Crippen molar-refractivity contribution in [1.82, 2.24) is 4.90 Å². The number of hydrogen-bond acceptors (Lipinski definition) is 1. The van der Waals surface area contributed by atoms with E-state index in [0.29, 0.717) is 6.04 Å². The summed E-state index contributed by atoms with van der Waals surface area (Å²) in [5.74, 6) is 3.67. The highest BCUT2D eigenvalue weighted by molar-refractivity contribution is 5.88. The lowest BCUT2D eigenvalue weighted by atomic mass is 9.62. The van der Waals surface area contributed by atoms with Gasteiger partial charge in [-0.3, -0.25) is 4.79 Å². The molecule has 0 N–H and O–H groups in total. The van der Waals surface area contributed by atoms with Crippen LogP contribution in [0.5, 0.6) is 0 Å². The van der Waals surface area contributed by atoms with E-state index in [-0.39, 0.29) is 5.91 Å². The first kappa shape index (κ1) is 11.7. The third-order valence-electron chi connectivity index (χ3n) is 6.05. The molecule has 2 fully saturated rings. The van der Waals surface area contributed by atoms with Crippen molar-refractivity contribution < 1.29 is 4.79 Å². The van der Waals surface area contributed by atoms with Gasteiger partial charge >= 0.3 is 0 Å². The Hall–Kier alpha value is -1.05. The van der Waals surface area contributed by atoms with Crippen LogP contribution in [0.25, 0.3) is 0 Å². The number of fused-ring (bicyclic) bond motifs is 5. The summed E-state index contributed by atoms with van der Waals surface area (Å²) in [5, 5.41) is 0. The average molecular weight is 257 g/mol. The molecule has 0 aromatic rings. The van der Waals surface area contributed by atoms with Crippen LogP contribution in [0, 0.1) is 23.7 Å². The Kier molecular flexibility index (Phi) is 2.78. The molecule has 2 aliphatic carbocycles. The molecule has 4 rings (SSSR count). The molecule has 0 aromatic carbocycles. The fraction of sp³-hybridized carbons (Fsp3) is 0.706. The van der Waals surface area contributed by atoms with E-state index < -0.39 is 0 Å². The maximum absolute atomic E-state index is 12.2. The zero-order valence-corrected chi connectivity index (χ0v) is 11.5. The van der Waals surface area contributed by atoms with E-state index in [2.05, 4.69) is 23.1 Å². The van der Waals surface area contributed by atoms with Crippen molar-refractivity contribution in [2.45, 2.75) is 44.6 Å². The Labute approximate surface area is 115 Å². The highest BCUT2D eigenvalue weighted by atomic mass is 16.2. The lowest BCUT2D eigenvalue weighted by Crippen LogP contribution is -2.54. The largest absolute Gasteiger partial charge is 0.336 e. The number of amides is 1. The molecule has 1 saturated heterocycles. The van der Waals surface area contributed by atoms with Crippen LogP contribution in [0.15, 0.2) is 24.3 Å². The fourth-order valence-electron chi connectivity index (χ4n) is 5.23. The molecule has 0 aromatic heterocycles. The van der Waals surface area contributed by atoms with Crippen LogP contribution in [-0.2, 0) is 4.79 Å². The first-order valence-electron chi connectivity index (χ1n) is 7.98. The van der Waals surface area contributed by atoms with Crippen molar-refractivity contribution in [3.63, 3.8) is 0 Å². The molecule has 2 heteroatoms. The normalized spacial score (nSPS) is 44.5. The van der Waals surface area contributed by atoms with Crippen LogP contribution < -0.4 is 0 Å². The number of piperidine rings is 1. The van der Waals surface area contributed by atoms with E-state index in [1.165, 1.54) is 32.1 Å². The topological polar surface area (TPSA) is 20.3 Å². The smallest absolute Gasteiger partial charge is 0.246 e. The zero-order valence-electron chi connectivity index (χ0n) is 11.5. The van der Waals surface area contributed by atoms with Crippen molar-refractivity contribution in [1.29, 1.82) is 0 Å². The Morgan fingerprint density at radius 2 is 1.95 bits per heavy atom. The number of hydrogen-bond donors (Lipinski definition) is 0. The Morgan fingerprint density at radius 3 is 2.89 bits per heavy atom. The van der Waals surface area contributed by atoms with Crippen molar-refractivity contribution in [3.05, 3.63) is 24.3 Å². The summed E-state index contributed by atoms with van der Waals surface area (Å²) in [6, 6.07) is 0.530. The second-order valence-electron chi connectivity index (χ2n) is 6.76. The predicted molar refractivity (Wildman–Crippen MR) is 75.4 cm³/mol. The van der Waals surface area contributed by atoms with Gasteiger partial charge in [0.15, 0.2) is 0 Å². The number of nitrogens with zero attached hydrogens (tertiary/aromatic N) is 1. The SMILES string of the molecule is O=C1C=CCCC2C3CCC4C=CCC4C3CCN12. The van der Waals surface area contributed by atoms with Gasteiger partial charge in [-0.2, -0.15) is 0 Å². The van der Waals surface area contributed by atoms with Gasteiger partial charge < -0.3 is 4.90 Å². The minimum atomic E-state index is 0.271. The molecule has 5 atom stereocenters. The molecule has 19 heavy (non-hydrogen) atoms. The standard InChI is InChI=1S/C17H23NO/c19-17-7-2-1-6-16-15-9-8-12-4-3-5-13(12)14(15)10-11-18(16)17/h2-4,7,12-16H,1,5-6,8-11H2. The summed E-state index contributed by atoms with van der Waals surface area (Å²) in [6.45, 7) is 0.998. The molecule has 102 valence electrons. The molecular weight excluding hydrogens is 234 g/mol. The van der Waals surface area contributed by atoms with Gasteiger partial charge in [-0.25, -0.2) is 0 Å². The first-order valence-corrected chi connectivity index (χ1v) is 7.98. The summed E-state index contributed by atoms with van der Waals surface area (Å²) in [4.78, 5) is 14.4. The lowest BCUT2D eigenvalue weighted by molar-refractivity contribution is -0.134. The Bertz CT molecular complexity index is 439. The second kappa shape index (κ2) is 4.50. The van der Waals surface area contributed by atoms with Gasteiger partial charge in [0, 0.05) is 12.6 Å². The van der Waals surface area contributed by atoms with Gasteiger partial charge in [0.05, 0.1) is 0 Å². The van der Waals surface area contributed by atoms with Crippen LogP contribution in [0.4, 0.5) is 0 Å². The number of rotatable bonds is 0. The third-order valence-corrected chi connectivity index (χ3v) is 6.05. The summed E-state index contributed by atoms with van der Waals surface area (Å²) in [6.07, 6.45) is 16.3. The van der Waals surface area contributed by atoms with Gasteiger partial charge in [0.1, 0.15) is 0 Å². The van der Waals surface area contributed by atoms with Gasteiger partial charge in [-0.15, -0.1) is 0 Å². The molecule has 1 saturated carbocycles. The third kappa shape index (κ3) is 1.79. The maximum Gasteiger partial charge on any atom is 0.246 e. The predicted octanol–water partition coefficient (Wildman–Crippen LogP) is 3.16. The highest BCUT2D eigenvalue weighted by Crippen LogP contribution is 2.50. The van der Waals surface area contributed by atoms with Crippen LogP contribution in [0.3, 0.4) is 0 Å². The van der Waals surface area contributed by atoms with Crippen LogP contribution >= 0.6 is 0 Å². The molecule has 2 heterocycles. The Balaban J connectivity index is 1.60. The first-order chi connectivity index (χ1) is 9.34. The molecular formula is C17H23NO. The van der Waals surface area contributed by atoms with Crippen LogP contribution in [0.1, 0.15) is 38.5 Å².